The van der Waals surface area contributed by atoms with E-state index in [1.54, 1.807) is 37.5 Å². The summed E-state index contributed by atoms with van der Waals surface area (Å²) in [6.07, 6.45) is 7.14. The zero-order valence-corrected chi connectivity index (χ0v) is 20.0. The third-order valence-electron chi connectivity index (χ3n) is 5.74. The summed E-state index contributed by atoms with van der Waals surface area (Å²) < 4.78 is 34.7. The van der Waals surface area contributed by atoms with Crippen molar-refractivity contribution in [2.45, 2.75) is 44.4 Å². The minimum absolute atomic E-state index is 0.0859. The Kier molecular flexibility index (Phi) is 8.05. The molecule has 0 bridgehead atoms. The third kappa shape index (κ3) is 5.56. The van der Waals surface area contributed by atoms with Gasteiger partial charge in [0.15, 0.2) is 0 Å². The van der Waals surface area contributed by atoms with Gasteiger partial charge >= 0.3 is 0 Å². The molecule has 1 aliphatic heterocycles. The number of likely N-dealkylation sites (N-methyl/N-ethyl adjacent to an activating group) is 1. The predicted molar refractivity (Wildman–Crippen MR) is 126 cm³/mol. The van der Waals surface area contributed by atoms with Crippen molar-refractivity contribution in [2.24, 2.45) is 5.92 Å². The molecule has 0 saturated carbocycles. The molecule has 0 radical (unpaired) electrons. The molecule has 1 aromatic carbocycles. The second-order valence-corrected chi connectivity index (χ2v) is 10.4. The van der Waals surface area contributed by atoms with Crippen LogP contribution in [0.1, 0.15) is 31.9 Å². The van der Waals surface area contributed by atoms with Crippen LogP contribution in [0.2, 0.25) is 0 Å². The Morgan fingerprint density at radius 3 is 2.69 bits per heavy atom. The van der Waals surface area contributed by atoms with E-state index >= 15 is 0 Å². The first-order chi connectivity index (χ1) is 15.3. The number of hydrogen-bond donors (Lipinski definition) is 1. The molecular formula is C24H33N3O4S. The van der Waals surface area contributed by atoms with Crippen molar-refractivity contribution in [3.05, 3.63) is 59.9 Å². The second-order valence-electron chi connectivity index (χ2n) is 8.50. The SMILES string of the molecule is C/C=C/c1ccc2c(c1)O[C@H](CN(C)Cc1ccncc1)[C@H](C)CN([C@@H](C)CO)S2(=O)=O. The van der Waals surface area contributed by atoms with Crippen LogP contribution in [-0.2, 0) is 16.6 Å². The Hall–Kier alpha value is -2.26. The quantitative estimate of drug-likeness (QED) is 0.685. The summed E-state index contributed by atoms with van der Waals surface area (Å²) in [4.78, 5) is 6.37. The van der Waals surface area contributed by atoms with E-state index in [9.17, 15) is 13.5 Å². The Balaban J connectivity index is 1.97. The molecule has 174 valence electrons. The van der Waals surface area contributed by atoms with Crippen LogP contribution in [0.4, 0.5) is 0 Å². The van der Waals surface area contributed by atoms with Crippen molar-refractivity contribution in [1.82, 2.24) is 14.2 Å². The van der Waals surface area contributed by atoms with Crippen LogP contribution in [0, 0.1) is 5.92 Å². The molecule has 1 N–H and O–H groups in total. The second kappa shape index (κ2) is 10.6. The standard InChI is InChI=1S/C24H33N3O4S/c1-5-6-20-7-8-24-22(13-20)31-23(16-26(4)15-21-9-11-25-12-10-21)18(2)14-27(19(3)17-28)32(24,29)30/h5-13,18-19,23,28H,14-17H2,1-4H3/b6-5+/t18-,19+,23-/m1/s1. The number of sulfonamides is 1. The molecule has 3 rings (SSSR count). The fourth-order valence-electron chi connectivity index (χ4n) is 3.93. The van der Waals surface area contributed by atoms with Crippen molar-refractivity contribution in [3.8, 4) is 5.75 Å². The Bertz CT molecular complexity index is 1030. The van der Waals surface area contributed by atoms with Gasteiger partial charge in [0.05, 0.1) is 6.61 Å². The molecule has 0 amide bonds. The number of nitrogens with zero attached hydrogens (tertiary/aromatic N) is 3. The summed E-state index contributed by atoms with van der Waals surface area (Å²) in [6, 6.07) is 8.59. The van der Waals surface area contributed by atoms with Gasteiger partial charge in [0, 0.05) is 44.0 Å². The smallest absolute Gasteiger partial charge is 0.247 e. The molecular weight excluding hydrogens is 426 g/mol. The molecule has 0 aliphatic carbocycles. The summed E-state index contributed by atoms with van der Waals surface area (Å²) >= 11 is 0. The number of benzene rings is 1. The maximum absolute atomic E-state index is 13.5. The largest absolute Gasteiger partial charge is 0.487 e. The van der Waals surface area contributed by atoms with Crippen molar-refractivity contribution in [2.75, 3.05) is 26.7 Å². The average Bonchev–Trinajstić information content (AvgIpc) is 2.76. The fraction of sp³-hybridized carbons (Fsp3) is 0.458. The molecule has 8 heteroatoms. The minimum Gasteiger partial charge on any atom is -0.487 e. The van der Waals surface area contributed by atoms with Crippen molar-refractivity contribution in [3.63, 3.8) is 0 Å². The summed E-state index contributed by atoms with van der Waals surface area (Å²) in [5, 5.41) is 9.75. The van der Waals surface area contributed by atoms with Gasteiger partial charge in [-0.15, -0.1) is 0 Å². The van der Waals surface area contributed by atoms with Crippen molar-refractivity contribution >= 4 is 16.1 Å². The average molecular weight is 460 g/mol. The summed E-state index contributed by atoms with van der Waals surface area (Å²) in [5.74, 6) is 0.266. The van der Waals surface area contributed by atoms with Crippen LogP contribution in [0.5, 0.6) is 5.75 Å². The van der Waals surface area contributed by atoms with Crippen LogP contribution in [0.25, 0.3) is 6.08 Å². The van der Waals surface area contributed by atoms with Crippen LogP contribution in [0.3, 0.4) is 0 Å². The Morgan fingerprint density at radius 1 is 1.31 bits per heavy atom. The topological polar surface area (TPSA) is 83.0 Å². The number of rotatable bonds is 7. The maximum Gasteiger partial charge on any atom is 0.247 e. The Morgan fingerprint density at radius 2 is 2.03 bits per heavy atom. The molecule has 7 nitrogen and oxygen atoms in total. The van der Waals surface area contributed by atoms with E-state index in [2.05, 4.69) is 9.88 Å². The first-order valence-electron chi connectivity index (χ1n) is 10.9. The van der Waals surface area contributed by atoms with Crippen molar-refractivity contribution in [1.29, 1.82) is 0 Å². The molecule has 1 aliphatic rings. The number of ether oxygens (including phenoxy) is 1. The number of hydrogen-bond acceptors (Lipinski definition) is 6. The molecule has 0 spiro atoms. The number of aliphatic hydroxyl groups is 1. The van der Waals surface area contributed by atoms with Gasteiger partial charge in [-0.3, -0.25) is 9.88 Å². The number of aromatic nitrogens is 1. The van der Waals surface area contributed by atoms with Gasteiger partial charge in [-0.05, 0) is 56.3 Å². The normalized spacial score (nSPS) is 22.2. The number of allylic oxidation sites excluding steroid dienone is 1. The highest BCUT2D eigenvalue weighted by Crippen LogP contribution is 2.34. The summed E-state index contributed by atoms with van der Waals surface area (Å²) in [6.45, 7) is 7.02. The highest BCUT2D eigenvalue weighted by Gasteiger charge is 2.38. The molecule has 2 heterocycles. The summed E-state index contributed by atoms with van der Waals surface area (Å²) in [7, 11) is -1.79. The zero-order valence-electron chi connectivity index (χ0n) is 19.2. The number of pyridine rings is 1. The van der Waals surface area contributed by atoms with Crippen molar-refractivity contribution < 1.29 is 18.3 Å². The zero-order chi connectivity index (χ0) is 23.3. The maximum atomic E-state index is 13.5. The van der Waals surface area contributed by atoms with Crippen LogP contribution in [-0.4, -0.2) is 66.6 Å². The van der Waals surface area contributed by atoms with Gasteiger partial charge in [-0.25, -0.2) is 8.42 Å². The van der Waals surface area contributed by atoms with E-state index in [1.165, 1.54) is 4.31 Å². The summed E-state index contributed by atoms with van der Waals surface area (Å²) in [5.41, 5.74) is 2.02. The van der Waals surface area contributed by atoms with Crippen LogP contribution in [0.15, 0.2) is 53.7 Å². The minimum atomic E-state index is -3.82. The molecule has 0 saturated heterocycles. The first kappa shape index (κ1) is 24.4. The van der Waals surface area contributed by atoms with Gasteiger partial charge in [0.2, 0.25) is 10.0 Å². The first-order valence-corrected chi connectivity index (χ1v) is 12.3. The molecule has 2 aromatic rings. The molecule has 1 aromatic heterocycles. The van der Waals surface area contributed by atoms with Gasteiger partial charge in [0.25, 0.3) is 0 Å². The van der Waals surface area contributed by atoms with E-state index in [0.29, 0.717) is 12.3 Å². The van der Waals surface area contributed by atoms with E-state index in [1.807, 2.05) is 45.2 Å². The lowest BCUT2D eigenvalue weighted by atomic mass is 10.0. The molecule has 32 heavy (non-hydrogen) atoms. The lowest BCUT2D eigenvalue weighted by Crippen LogP contribution is -2.49. The van der Waals surface area contributed by atoms with Crippen LogP contribution < -0.4 is 4.74 Å². The highest BCUT2D eigenvalue weighted by atomic mass is 32.2. The predicted octanol–water partition coefficient (Wildman–Crippen LogP) is 3.02. The lowest BCUT2D eigenvalue weighted by Gasteiger charge is -2.37. The van der Waals surface area contributed by atoms with E-state index < -0.39 is 16.1 Å². The highest BCUT2D eigenvalue weighted by molar-refractivity contribution is 7.89. The fourth-order valence-corrected chi connectivity index (χ4v) is 5.75. The molecule has 0 fully saturated rings. The number of fused-ring (bicyclic) bond motifs is 1. The van der Waals surface area contributed by atoms with Crippen LogP contribution >= 0.6 is 0 Å². The Labute approximate surface area is 191 Å². The lowest BCUT2D eigenvalue weighted by molar-refractivity contribution is 0.0733. The molecule has 3 atom stereocenters. The van der Waals surface area contributed by atoms with E-state index in [4.69, 9.17) is 4.74 Å². The van der Waals surface area contributed by atoms with E-state index in [0.717, 1.165) is 17.7 Å². The van der Waals surface area contributed by atoms with Gasteiger partial charge in [-0.1, -0.05) is 25.1 Å². The monoisotopic (exact) mass is 459 g/mol. The number of aliphatic hydroxyl groups excluding tert-OH is 1. The van der Waals surface area contributed by atoms with Gasteiger partial charge in [0.1, 0.15) is 16.7 Å². The van der Waals surface area contributed by atoms with E-state index in [-0.39, 0.29) is 30.1 Å². The van der Waals surface area contributed by atoms with Gasteiger partial charge < -0.3 is 9.84 Å². The molecule has 0 unspecified atom stereocenters. The third-order valence-corrected chi connectivity index (χ3v) is 7.76. The van der Waals surface area contributed by atoms with Gasteiger partial charge in [-0.2, -0.15) is 4.31 Å².